The molecule has 0 radical (unpaired) electrons. The van der Waals surface area contributed by atoms with Crippen molar-refractivity contribution < 1.29 is 12.8 Å². The van der Waals surface area contributed by atoms with Gasteiger partial charge in [-0.2, -0.15) is 5.10 Å². The maximum absolute atomic E-state index is 14.6. The second-order valence-corrected chi connectivity index (χ2v) is 12.1. The maximum Gasteiger partial charge on any atom is 0.209 e. The molecular weight excluding hydrogens is 543 g/mol. The van der Waals surface area contributed by atoms with Crippen LogP contribution in [0, 0.1) is 5.82 Å². The highest BCUT2D eigenvalue weighted by Crippen LogP contribution is 2.34. The quantitative estimate of drug-likeness (QED) is 0.246. The van der Waals surface area contributed by atoms with Gasteiger partial charge in [0.05, 0.1) is 17.6 Å². The number of nitrogens with one attached hydrogen (secondary N) is 3. The molecule has 6 aromatic rings. The van der Waals surface area contributed by atoms with Crippen LogP contribution in [0.2, 0.25) is 0 Å². The number of hydrogen-bond donors (Lipinski definition) is 3. The van der Waals surface area contributed by atoms with Crippen molar-refractivity contribution in [3.05, 3.63) is 84.2 Å². The van der Waals surface area contributed by atoms with Gasteiger partial charge in [0.15, 0.2) is 5.65 Å². The molecule has 12 heteroatoms. The molecule has 5 aromatic heterocycles. The summed E-state index contributed by atoms with van der Waals surface area (Å²) >= 11 is 0. The predicted octanol–water partition coefficient (Wildman–Crippen LogP) is 4.48. The van der Waals surface area contributed by atoms with Crippen LogP contribution in [0.3, 0.4) is 0 Å². The first kappa shape index (κ1) is 26.7. The molecule has 208 valence electrons. The van der Waals surface area contributed by atoms with Crippen molar-refractivity contribution in [2.45, 2.75) is 13.1 Å². The van der Waals surface area contributed by atoms with E-state index >= 15 is 0 Å². The van der Waals surface area contributed by atoms with Gasteiger partial charge in [-0.1, -0.05) is 0 Å². The molecule has 0 amide bonds. The lowest BCUT2D eigenvalue weighted by molar-refractivity contribution is 0.402. The molecule has 0 bridgehead atoms. The number of hydrogen-bond acceptors (Lipinski definition) is 7. The Kier molecular flexibility index (Phi) is 6.81. The number of pyridine rings is 3. The lowest BCUT2D eigenvalue weighted by Crippen LogP contribution is -2.21. The molecule has 0 atom stereocenters. The Balaban J connectivity index is 1.40. The predicted molar refractivity (Wildman–Crippen MR) is 157 cm³/mol. The van der Waals surface area contributed by atoms with Crippen LogP contribution in [-0.2, 0) is 23.1 Å². The van der Waals surface area contributed by atoms with Crippen LogP contribution in [-0.4, -0.2) is 63.8 Å². The zero-order valence-electron chi connectivity index (χ0n) is 22.6. The highest BCUT2D eigenvalue weighted by molar-refractivity contribution is 7.88. The number of halogens is 1. The smallest absolute Gasteiger partial charge is 0.209 e. The van der Waals surface area contributed by atoms with E-state index in [1.807, 2.05) is 38.6 Å². The molecule has 1 aromatic carbocycles. The highest BCUT2D eigenvalue weighted by atomic mass is 32.2. The fourth-order valence-corrected chi connectivity index (χ4v) is 5.32. The van der Waals surface area contributed by atoms with Gasteiger partial charge in [-0.25, -0.2) is 27.5 Å². The molecule has 41 heavy (non-hydrogen) atoms. The van der Waals surface area contributed by atoms with Crippen molar-refractivity contribution in [2.75, 3.05) is 20.4 Å². The van der Waals surface area contributed by atoms with Gasteiger partial charge in [-0.15, -0.1) is 0 Å². The number of aromatic amines is 2. The van der Waals surface area contributed by atoms with Crippen LogP contribution in [0.4, 0.5) is 4.39 Å². The number of nitrogens with zero attached hydrogens (tertiary/aromatic N) is 5. The zero-order valence-corrected chi connectivity index (χ0v) is 23.4. The minimum atomic E-state index is -3.42. The summed E-state index contributed by atoms with van der Waals surface area (Å²) in [4.78, 5) is 18.9. The average Bonchev–Trinajstić information content (AvgIpc) is 3.54. The van der Waals surface area contributed by atoms with E-state index < -0.39 is 15.8 Å². The number of aromatic nitrogens is 6. The lowest BCUT2D eigenvalue weighted by atomic mass is 10.0. The minimum absolute atomic E-state index is 0.0146. The topological polar surface area (TPSA) is 133 Å². The third-order valence-corrected chi connectivity index (χ3v) is 7.31. The molecule has 0 saturated carbocycles. The van der Waals surface area contributed by atoms with E-state index in [0.717, 1.165) is 57.2 Å². The normalized spacial score (nSPS) is 12.1. The SMILES string of the molecule is CN(C)Cc1cncc(-c2cnc3n[nH]c(-c4cc5c(-c6cc(F)cc(CNS(C)(=O)=O)c6)ccnc5[nH]4)c3c2)c1. The van der Waals surface area contributed by atoms with Gasteiger partial charge in [0.2, 0.25) is 10.0 Å². The zero-order chi connectivity index (χ0) is 28.7. The van der Waals surface area contributed by atoms with E-state index in [4.69, 9.17) is 0 Å². The highest BCUT2D eigenvalue weighted by Gasteiger charge is 2.16. The number of fused-ring (bicyclic) bond motifs is 2. The van der Waals surface area contributed by atoms with E-state index in [0.29, 0.717) is 22.4 Å². The summed E-state index contributed by atoms with van der Waals surface area (Å²) in [5.41, 5.74) is 7.52. The van der Waals surface area contributed by atoms with E-state index in [-0.39, 0.29) is 6.54 Å². The first-order chi connectivity index (χ1) is 19.6. The lowest BCUT2D eigenvalue weighted by Gasteiger charge is -2.10. The molecule has 0 aliphatic rings. The fraction of sp³-hybridized carbons (Fsp3) is 0.172. The number of sulfonamides is 1. The van der Waals surface area contributed by atoms with Crippen molar-refractivity contribution in [2.24, 2.45) is 0 Å². The summed E-state index contributed by atoms with van der Waals surface area (Å²) in [6, 6.07) is 12.4. The molecule has 0 saturated heterocycles. The molecule has 0 spiro atoms. The average molecular weight is 571 g/mol. The molecule has 0 unspecified atom stereocenters. The number of benzene rings is 1. The van der Waals surface area contributed by atoms with E-state index in [9.17, 15) is 12.8 Å². The van der Waals surface area contributed by atoms with E-state index in [1.54, 1.807) is 24.5 Å². The summed E-state index contributed by atoms with van der Waals surface area (Å²) in [6.07, 6.45) is 8.18. The molecule has 3 N–H and O–H groups in total. The van der Waals surface area contributed by atoms with Gasteiger partial charge < -0.3 is 9.88 Å². The van der Waals surface area contributed by atoms with Gasteiger partial charge in [0, 0.05) is 59.8 Å². The van der Waals surface area contributed by atoms with Crippen molar-refractivity contribution in [3.8, 4) is 33.6 Å². The Bertz CT molecular complexity index is 2020. The molecular formula is C29H27FN8O2S. The molecule has 6 rings (SSSR count). The summed E-state index contributed by atoms with van der Waals surface area (Å²) in [5.74, 6) is -0.462. The molecule has 0 aliphatic carbocycles. The van der Waals surface area contributed by atoms with Crippen LogP contribution in [0.1, 0.15) is 11.1 Å². The van der Waals surface area contributed by atoms with Gasteiger partial charge in [-0.05, 0) is 78.8 Å². The monoisotopic (exact) mass is 570 g/mol. The Morgan fingerprint density at radius 3 is 2.54 bits per heavy atom. The molecule has 0 aliphatic heterocycles. The summed E-state index contributed by atoms with van der Waals surface area (Å²) in [6.45, 7) is 0.762. The van der Waals surface area contributed by atoms with Crippen LogP contribution < -0.4 is 4.72 Å². The Morgan fingerprint density at radius 1 is 0.927 bits per heavy atom. The maximum atomic E-state index is 14.6. The Hall–Kier alpha value is -4.52. The summed E-state index contributed by atoms with van der Waals surface area (Å²) in [5, 5.41) is 9.10. The van der Waals surface area contributed by atoms with Crippen molar-refractivity contribution in [3.63, 3.8) is 0 Å². The minimum Gasteiger partial charge on any atom is -0.338 e. The molecule has 0 fully saturated rings. The Labute approximate surface area is 235 Å². The largest absolute Gasteiger partial charge is 0.338 e. The number of rotatable bonds is 8. The molecule has 5 heterocycles. The first-order valence-electron chi connectivity index (χ1n) is 12.8. The van der Waals surface area contributed by atoms with Gasteiger partial charge >= 0.3 is 0 Å². The summed E-state index contributed by atoms with van der Waals surface area (Å²) in [7, 11) is 0.610. The van der Waals surface area contributed by atoms with Crippen LogP contribution >= 0.6 is 0 Å². The van der Waals surface area contributed by atoms with Crippen molar-refractivity contribution in [1.82, 2.24) is 39.8 Å². The fourth-order valence-electron chi connectivity index (χ4n) is 4.90. The van der Waals surface area contributed by atoms with Gasteiger partial charge in [0.25, 0.3) is 0 Å². The van der Waals surface area contributed by atoms with Crippen molar-refractivity contribution >= 4 is 32.1 Å². The van der Waals surface area contributed by atoms with Crippen LogP contribution in [0.25, 0.3) is 55.7 Å². The first-order valence-corrected chi connectivity index (χ1v) is 14.7. The van der Waals surface area contributed by atoms with E-state index in [2.05, 4.69) is 45.8 Å². The third-order valence-electron chi connectivity index (χ3n) is 6.64. The number of H-pyrrole nitrogens is 2. The Morgan fingerprint density at radius 2 is 1.73 bits per heavy atom. The second kappa shape index (κ2) is 10.5. The molecule has 10 nitrogen and oxygen atoms in total. The van der Waals surface area contributed by atoms with Crippen molar-refractivity contribution in [1.29, 1.82) is 0 Å². The third kappa shape index (κ3) is 5.71. The second-order valence-electron chi connectivity index (χ2n) is 10.3. The standard InChI is InChI=1S/C29H27FN8O2S/c1-38(2)16-18-7-20(14-31-12-18)21-10-25-27(36-37-29(25)33-15-21)26-11-24-23(4-5-32-28(24)35-26)19-6-17(8-22(30)9-19)13-34-41(3,39)40/h4-12,14-15,34H,13,16H2,1-3H3,(H,32,35)(H,33,36,37). The summed E-state index contributed by atoms with van der Waals surface area (Å²) < 4.78 is 40.1. The van der Waals surface area contributed by atoms with Gasteiger partial charge in [0.1, 0.15) is 11.5 Å². The van der Waals surface area contributed by atoms with E-state index in [1.165, 1.54) is 12.1 Å². The van der Waals surface area contributed by atoms with Gasteiger partial charge in [-0.3, -0.25) is 10.1 Å². The van der Waals surface area contributed by atoms with Crippen LogP contribution in [0.15, 0.2) is 67.3 Å². The van der Waals surface area contributed by atoms with Crippen LogP contribution in [0.5, 0.6) is 0 Å².